The largest absolute Gasteiger partial charge is 0.327 e. The Bertz CT molecular complexity index is 235. The molecule has 5 heteroatoms. The summed E-state index contributed by atoms with van der Waals surface area (Å²) in [5.74, 6) is 1.92. The summed E-state index contributed by atoms with van der Waals surface area (Å²) in [6.45, 7) is 0. The zero-order valence-corrected chi connectivity index (χ0v) is 8.21. The standard InChI is InChI=1S/C7H14N4S/c1-11-7(9-5-10-11)3-6(8)4-12-2/h5-6H,3-4,8H2,1-2H3. The number of rotatable bonds is 4. The summed E-state index contributed by atoms with van der Waals surface area (Å²) >= 11 is 1.75. The van der Waals surface area contributed by atoms with E-state index in [2.05, 4.69) is 16.3 Å². The molecule has 4 nitrogen and oxygen atoms in total. The van der Waals surface area contributed by atoms with Crippen molar-refractivity contribution < 1.29 is 0 Å². The van der Waals surface area contributed by atoms with Crippen molar-refractivity contribution in [2.45, 2.75) is 12.5 Å². The second kappa shape index (κ2) is 4.47. The first-order chi connectivity index (χ1) is 5.74. The molecule has 12 heavy (non-hydrogen) atoms. The third-order valence-corrected chi connectivity index (χ3v) is 2.39. The minimum Gasteiger partial charge on any atom is -0.327 e. The molecule has 1 rings (SSSR count). The molecule has 1 heterocycles. The molecule has 0 saturated heterocycles. The average Bonchev–Trinajstić information content (AvgIpc) is 2.37. The highest BCUT2D eigenvalue weighted by Crippen LogP contribution is 2.01. The lowest BCUT2D eigenvalue weighted by molar-refractivity contribution is 0.643. The molecule has 0 aliphatic heterocycles. The van der Waals surface area contributed by atoms with E-state index in [0.717, 1.165) is 18.0 Å². The highest BCUT2D eigenvalue weighted by atomic mass is 32.2. The van der Waals surface area contributed by atoms with Crippen LogP contribution in [0.2, 0.25) is 0 Å². The lowest BCUT2D eigenvalue weighted by Gasteiger charge is -2.07. The molecule has 0 aliphatic carbocycles. The number of nitrogens with two attached hydrogens (primary N) is 1. The molecule has 0 saturated carbocycles. The second-order valence-electron chi connectivity index (χ2n) is 2.72. The van der Waals surface area contributed by atoms with Gasteiger partial charge in [-0.15, -0.1) is 0 Å². The molecule has 0 aliphatic rings. The van der Waals surface area contributed by atoms with E-state index in [1.165, 1.54) is 0 Å². The lowest BCUT2D eigenvalue weighted by Crippen LogP contribution is -2.26. The molecule has 1 aromatic rings. The Balaban J connectivity index is 2.46. The Hall–Kier alpha value is -0.550. The number of hydrogen-bond acceptors (Lipinski definition) is 4. The molecule has 0 spiro atoms. The van der Waals surface area contributed by atoms with Crippen molar-refractivity contribution in [3.63, 3.8) is 0 Å². The molecular weight excluding hydrogens is 172 g/mol. The van der Waals surface area contributed by atoms with Crippen molar-refractivity contribution >= 4 is 11.8 Å². The SMILES string of the molecule is CSCC(N)Cc1ncnn1C. The molecule has 68 valence electrons. The van der Waals surface area contributed by atoms with E-state index in [-0.39, 0.29) is 6.04 Å². The first kappa shape index (κ1) is 9.54. The maximum atomic E-state index is 5.84. The van der Waals surface area contributed by atoms with E-state index >= 15 is 0 Å². The van der Waals surface area contributed by atoms with Crippen LogP contribution in [0.25, 0.3) is 0 Å². The normalized spacial score (nSPS) is 13.2. The van der Waals surface area contributed by atoms with Crippen LogP contribution in [-0.4, -0.2) is 32.8 Å². The van der Waals surface area contributed by atoms with Crippen LogP contribution in [0.3, 0.4) is 0 Å². The molecule has 0 radical (unpaired) electrons. The molecule has 2 N–H and O–H groups in total. The summed E-state index contributed by atoms with van der Waals surface area (Å²) in [5, 5.41) is 3.97. The fraction of sp³-hybridized carbons (Fsp3) is 0.714. The first-order valence-electron chi connectivity index (χ1n) is 3.81. The molecule has 0 aromatic carbocycles. The van der Waals surface area contributed by atoms with E-state index in [9.17, 15) is 0 Å². The lowest BCUT2D eigenvalue weighted by atomic mass is 10.2. The van der Waals surface area contributed by atoms with Crippen LogP contribution >= 0.6 is 11.8 Å². The highest BCUT2D eigenvalue weighted by Gasteiger charge is 2.06. The summed E-state index contributed by atoms with van der Waals surface area (Å²) < 4.78 is 1.76. The van der Waals surface area contributed by atoms with Crippen molar-refractivity contribution in [2.24, 2.45) is 12.8 Å². The van der Waals surface area contributed by atoms with Crippen LogP contribution in [0.5, 0.6) is 0 Å². The van der Waals surface area contributed by atoms with E-state index in [0.29, 0.717) is 0 Å². The van der Waals surface area contributed by atoms with E-state index < -0.39 is 0 Å². The second-order valence-corrected chi connectivity index (χ2v) is 3.63. The topological polar surface area (TPSA) is 56.7 Å². The van der Waals surface area contributed by atoms with Gasteiger partial charge in [0.15, 0.2) is 0 Å². The molecule has 1 unspecified atom stereocenters. The summed E-state index contributed by atoms with van der Waals surface area (Å²) in [6, 6.07) is 0.183. The molecule has 0 bridgehead atoms. The molecule has 0 amide bonds. The Morgan fingerprint density at radius 2 is 2.50 bits per heavy atom. The summed E-state index contributed by atoms with van der Waals surface area (Å²) in [7, 11) is 1.88. The number of aromatic nitrogens is 3. The maximum Gasteiger partial charge on any atom is 0.138 e. The minimum atomic E-state index is 0.183. The van der Waals surface area contributed by atoms with Crippen molar-refractivity contribution in [2.75, 3.05) is 12.0 Å². The monoisotopic (exact) mass is 186 g/mol. The van der Waals surface area contributed by atoms with Crippen LogP contribution in [0.15, 0.2) is 6.33 Å². The summed E-state index contributed by atoms with van der Waals surface area (Å²) in [4.78, 5) is 4.10. The zero-order valence-electron chi connectivity index (χ0n) is 7.40. The Labute approximate surface area is 76.5 Å². The van der Waals surface area contributed by atoms with Gasteiger partial charge in [0, 0.05) is 25.3 Å². The Morgan fingerprint density at radius 1 is 1.75 bits per heavy atom. The van der Waals surface area contributed by atoms with Gasteiger partial charge in [-0.25, -0.2) is 4.98 Å². The third-order valence-electron chi connectivity index (χ3n) is 1.63. The van der Waals surface area contributed by atoms with Gasteiger partial charge < -0.3 is 5.73 Å². The smallest absolute Gasteiger partial charge is 0.138 e. The van der Waals surface area contributed by atoms with Gasteiger partial charge in [0.1, 0.15) is 12.2 Å². The molecule has 0 fully saturated rings. The van der Waals surface area contributed by atoms with Gasteiger partial charge in [0.25, 0.3) is 0 Å². The van der Waals surface area contributed by atoms with Crippen molar-refractivity contribution in [1.29, 1.82) is 0 Å². The van der Waals surface area contributed by atoms with Crippen molar-refractivity contribution in [3.05, 3.63) is 12.2 Å². The number of aryl methyl sites for hydroxylation is 1. The molecule has 1 aromatic heterocycles. The van der Waals surface area contributed by atoms with Gasteiger partial charge in [-0.1, -0.05) is 0 Å². The third kappa shape index (κ3) is 2.49. The van der Waals surface area contributed by atoms with Gasteiger partial charge in [-0.2, -0.15) is 16.9 Å². The van der Waals surface area contributed by atoms with E-state index in [4.69, 9.17) is 5.73 Å². The van der Waals surface area contributed by atoms with E-state index in [1.54, 1.807) is 22.8 Å². The van der Waals surface area contributed by atoms with Gasteiger partial charge in [-0.05, 0) is 6.26 Å². The number of hydrogen-bond donors (Lipinski definition) is 1. The van der Waals surface area contributed by atoms with Gasteiger partial charge in [-0.3, -0.25) is 4.68 Å². The van der Waals surface area contributed by atoms with Crippen molar-refractivity contribution in [1.82, 2.24) is 14.8 Å². The van der Waals surface area contributed by atoms with Crippen LogP contribution in [0.1, 0.15) is 5.82 Å². The predicted octanol–water partition coefficient (Wildman–Crippen LogP) is 0.0479. The fourth-order valence-electron chi connectivity index (χ4n) is 1.01. The van der Waals surface area contributed by atoms with Gasteiger partial charge >= 0.3 is 0 Å². The number of thioether (sulfide) groups is 1. The Kier molecular flexibility index (Phi) is 3.55. The van der Waals surface area contributed by atoms with Crippen LogP contribution in [0, 0.1) is 0 Å². The van der Waals surface area contributed by atoms with Gasteiger partial charge in [0.05, 0.1) is 0 Å². The van der Waals surface area contributed by atoms with Crippen molar-refractivity contribution in [3.8, 4) is 0 Å². The Morgan fingerprint density at radius 3 is 3.00 bits per heavy atom. The summed E-state index contributed by atoms with van der Waals surface area (Å²) in [5.41, 5.74) is 5.84. The van der Waals surface area contributed by atoms with Crippen LogP contribution in [-0.2, 0) is 13.5 Å². The maximum absolute atomic E-state index is 5.84. The van der Waals surface area contributed by atoms with Crippen LogP contribution < -0.4 is 5.73 Å². The number of nitrogens with zero attached hydrogens (tertiary/aromatic N) is 3. The zero-order chi connectivity index (χ0) is 8.97. The molecular formula is C7H14N4S. The van der Waals surface area contributed by atoms with Crippen LogP contribution in [0.4, 0.5) is 0 Å². The summed E-state index contributed by atoms with van der Waals surface area (Å²) in [6.07, 6.45) is 4.41. The predicted molar refractivity (Wildman–Crippen MR) is 51.1 cm³/mol. The first-order valence-corrected chi connectivity index (χ1v) is 5.20. The average molecular weight is 186 g/mol. The highest BCUT2D eigenvalue weighted by molar-refractivity contribution is 7.98. The minimum absolute atomic E-state index is 0.183. The van der Waals surface area contributed by atoms with E-state index in [1.807, 2.05) is 7.05 Å². The molecule has 1 atom stereocenters. The van der Waals surface area contributed by atoms with Gasteiger partial charge in [0.2, 0.25) is 0 Å². The fourth-order valence-corrected chi connectivity index (χ4v) is 1.56. The quantitative estimate of drug-likeness (QED) is 0.722.